The monoisotopic (exact) mass is 1370 g/mol. The normalized spacial score (nSPS) is 10.8. The molecule has 0 aliphatic carbocycles. The summed E-state index contributed by atoms with van der Waals surface area (Å²) in [5.74, 6) is 13.9. The van der Waals surface area contributed by atoms with Gasteiger partial charge in [0.25, 0.3) is 0 Å². The molecule has 27 heteroatoms. The van der Waals surface area contributed by atoms with E-state index in [4.69, 9.17) is 105 Å². The van der Waals surface area contributed by atoms with Crippen molar-refractivity contribution in [1.29, 1.82) is 0 Å². The number of ketones is 1. The van der Waals surface area contributed by atoms with E-state index in [-0.39, 0.29) is 17.4 Å². The number of aryl methyl sites for hydroxylation is 8. The van der Waals surface area contributed by atoms with Crippen molar-refractivity contribution >= 4 is 120 Å². The Hall–Kier alpha value is -11.1. The van der Waals surface area contributed by atoms with E-state index in [1.54, 1.807) is 41.0 Å². The minimum atomic E-state index is -0.247. The van der Waals surface area contributed by atoms with E-state index in [1.807, 2.05) is 67.2 Å². The van der Waals surface area contributed by atoms with E-state index in [2.05, 4.69) is 94.1 Å². The summed E-state index contributed by atoms with van der Waals surface area (Å²) in [4.78, 5) is 64.0. The Morgan fingerprint density at radius 1 is 0.474 bits per heavy atom. The fraction of sp³-hybridized carbons (Fsp3) is 0.243. The Labute approximate surface area is 579 Å². The molecule has 0 bridgehead atoms. The first kappa shape index (κ1) is 70.3. The number of rotatable bonds is 20. The summed E-state index contributed by atoms with van der Waals surface area (Å²) in [5, 5.41) is 2.38. The van der Waals surface area contributed by atoms with Crippen molar-refractivity contribution in [2.75, 3.05) is 22.9 Å². The van der Waals surface area contributed by atoms with E-state index in [9.17, 15) is 4.79 Å². The van der Waals surface area contributed by atoms with Crippen LogP contribution in [0, 0.1) is 77.1 Å². The van der Waals surface area contributed by atoms with Crippen molar-refractivity contribution in [2.45, 2.75) is 112 Å². The summed E-state index contributed by atoms with van der Waals surface area (Å²) >= 11 is 24.5. The lowest BCUT2D eigenvalue weighted by atomic mass is 10.1. The number of ether oxygens (including phenoxy) is 2. The number of nitrogen functional groups attached to an aromatic ring is 4. The van der Waals surface area contributed by atoms with Crippen molar-refractivity contribution in [3.8, 4) is 72.9 Å². The number of fused-ring (bicyclic) bond motifs is 4. The molecule has 8 N–H and O–H groups in total. The van der Waals surface area contributed by atoms with Crippen LogP contribution >= 0.6 is 46.4 Å². The van der Waals surface area contributed by atoms with E-state index in [0.29, 0.717) is 159 Å². The van der Waals surface area contributed by atoms with Crippen LogP contribution in [-0.4, -0.2) is 83.9 Å². The topological polar surface area (TPSA) is 314 Å². The number of aromatic nitrogens is 16. The fourth-order valence-corrected chi connectivity index (χ4v) is 11.3. The molecule has 97 heavy (non-hydrogen) atoms. The first-order valence-electron chi connectivity index (χ1n) is 30.4. The zero-order valence-electron chi connectivity index (χ0n) is 53.4. The summed E-state index contributed by atoms with van der Waals surface area (Å²) in [6, 6.07) is 22.9. The number of para-hydroxylation sites is 1. The number of nitrogens with two attached hydrogens (primary N) is 4. The zero-order chi connectivity index (χ0) is 69.3. The first-order chi connectivity index (χ1) is 46.8. The molecule has 0 atom stereocenters. The molecule has 492 valence electrons. The Kier molecular flexibility index (Phi) is 23.8. The van der Waals surface area contributed by atoms with Crippen molar-refractivity contribution in [1.82, 2.24) is 78.1 Å². The van der Waals surface area contributed by atoms with Gasteiger partial charge in [0.2, 0.25) is 5.78 Å². The number of nitrogens with zero attached hydrogens (tertiary/aromatic N) is 16. The molecule has 12 rings (SSSR count). The van der Waals surface area contributed by atoms with Crippen LogP contribution < -0.4 is 32.4 Å². The van der Waals surface area contributed by atoms with Crippen LogP contribution in [0.4, 0.5) is 23.3 Å². The Bertz CT molecular complexity index is 4970. The molecule has 0 amide bonds. The van der Waals surface area contributed by atoms with Gasteiger partial charge in [-0.25, -0.2) is 49.8 Å². The molecular weight excluding hydrogens is 1310 g/mol. The van der Waals surface area contributed by atoms with Gasteiger partial charge in [0.1, 0.15) is 36.9 Å². The number of unbranched alkanes of at least 4 members (excludes halogenated alkanes) is 4. The molecule has 0 saturated heterocycles. The third-order valence-electron chi connectivity index (χ3n) is 14.7. The van der Waals surface area contributed by atoms with Gasteiger partial charge >= 0.3 is 12.0 Å². The highest BCUT2D eigenvalue weighted by molar-refractivity contribution is 6.32. The van der Waals surface area contributed by atoms with Crippen LogP contribution in [0.1, 0.15) is 101 Å². The number of carbonyl (C=O) groups excluding carboxylic acids is 1. The molecule has 8 aromatic heterocycles. The highest BCUT2D eigenvalue weighted by atomic mass is 35.5. The highest BCUT2D eigenvalue weighted by Crippen LogP contribution is 2.35. The van der Waals surface area contributed by atoms with Crippen LogP contribution in [0.3, 0.4) is 0 Å². The summed E-state index contributed by atoms with van der Waals surface area (Å²) in [5.41, 5.74) is 33.6. The van der Waals surface area contributed by atoms with Crippen molar-refractivity contribution in [3.05, 3.63) is 163 Å². The van der Waals surface area contributed by atoms with Gasteiger partial charge in [-0.15, -0.1) is 49.4 Å². The summed E-state index contributed by atoms with van der Waals surface area (Å²) in [6.45, 7) is 10.2. The van der Waals surface area contributed by atoms with Gasteiger partial charge in [0, 0.05) is 78.9 Å². The van der Waals surface area contributed by atoms with Gasteiger partial charge < -0.3 is 41.5 Å². The molecule has 12 aromatic rings. The third-order valence-corrected chi connectivity index (χ3v) is 15.7. The van der Waals surface area contributed by atoms with Crippen molar-refractivity contribution in [3.63, 3.8) is 0 Å². The highest BCUT2D eigenvalue weighted by Gasteiger charge is 2.24. The minimum absolute atomic E-state index is 0.233. The predicted octanol–water partition coefficient (Wildman–Crippen LogP) is 13.5. The van der Waals surface area contributed by atoms with Gasteiger partial charge in [-0.05, 0) is 136 Å². The smallest absolute Gasteiger partial charge is 0.304 e. The zero-order valence-corrected chi connectivity index (χ0v) is 56.5. The maximum atomic E-state index is 13.0. The Morgan fingerprint density at radius 2 is 0.928 bits per heavy atom. The van der Waals surface area contributed by atoms with E-state index in [1.165, 1.54) is 25.3 Å². The molecule has 8 heterocycles. The minimum Gasteiger partial charge on any atom is -0.425 e. The third kappa shape index (κ3) is 17.3. The number of hydrogen-bond acceptors (Lipinski definition) is 19. The average molecular weight is 1380 g/mol. The number of carbonyl (C=O) groups is 1. The van der Waals surface area contributed by atoms with Gasteiger partial charge in [-0.1, -0.05) is 64.6 Å². The maximum absolute atomic E-state index is 13.0. The molecule has 0 fully saturated rings. The quantitative estimate of drug-likeness (QED) is 0.0313. The van der Waals surface area contributed by atoms with E-state index < -0.39 is 0 Å². The predicted molar refractivity (Wildman–Crippen MR) is 382 cm³/mol. The standard InChI is InChI=1S/C18H16ClN5O.C18H18ClN5.2C17H16ClN5O/c1-3-4-5-6-24-17-14(16(20)21-10-22-17)23-18(24)15(25)12-7-11(2)8-13(19)9-12;1-3-4-5-6-24-15(10-13-7-12(2)8-14(19)9-13)23-16-17(20)21-11-22-18(16)24;1-3-4-5-9-23-16-13(15(19)20-10-21-16)22-17(23)24-14-11(2)7-6-8-12(14)18;1-3-4-5-8-23-16-14(15(19)20-10-21-16)22-17(23)24-13-7-6-12(18)9-11(13)2/h1,7-10H,4-6H2,2H3,(H2,20,21,22);1,7-9,11H,4-6,10H2,2H3,(H2,20,21,22);1,6-8,10H,4-5,9H2,2H3,(H2,19,20,21);1,6-7,9-10H,4-5,8H2,2H3,(H2,19,20,21). The van der Waals surface area contributed by atoms with Gasteiger partial charge in [0.15, 0.2) is 79.5 Å². The Morgan fingerprint density at radius 3 is 1.42 bits per heavy atom. The number of benzene rings is 4. The number of halogens is 4. The van der Waals surface area contributed by atoms with Crippen LogP contribution in [0.25, 0.3) is 44.7 Å². The second-order valence-electron chi connectivity index (χ2n) is 22.0. The lowest BCUT2D eigenvalue weighted by Crippen LogP contribution is -2.12. The molecule has 0 saturated carbocycles. The number of imidazole rings is 4. The average Bonchev–Trinajstić information content (AvgIpc) is 1.70. The second-order valence-corrected chi connectivity index (χ2v) is 23.7. The first-order valence-corrected chi connectivity index (χ1v) is 31.9. The largest absolute Gasteiger partial charge is 0.425 e. The molecule has 4 aromatic carbocycles. The molecule has 0 aliphatic rings. The van der Waals surface area contributed by atoms with Gasteiger partial charge in [-0.2, -0.15) is 9.97 Å². The summed E-state index contributed by atoms with van der Waals surface area (Å²) in [6.07, 6.45) is 33.3. The van der Waals surface area contributed by atoms with Crippen LogP contribution in [0.5, 0.6) is 23.5 Å². The molecule has 23 nitrogen and oxygen atoms in total. The number of anilines is 4. The van der Waals surface area contributed by atoms with E-state index in [0.717, 1.165) is 70.1 Å². The van der Waals surface area contributed by atoms with Gasteiger partial charge in [-0.3, -0.25) is 13.9 Å². The van der Waals surface area contributed by atoms with Crippen molar-refractivity contribution < 1.29 is 14.3 Å². The van der Waals surface area contributed by atoms with E-state index >= 15 is 0 Å². The number of hydrogen-bond donors (Lipinski definition) is 4. The van der Waals surface area contributed by atoms with Crippen LogP contribution in [-0.2, 0) is 32.6 Å². The SMILES string of the molecule is C#CCCCn1c(C(=O)c2cc(C)cc(Cl)c2)nc2c(N)ncnc21.C#CCCCn1c(Cc2cc(C)cc(Cl)c2)nc2c(N)ncnc21.C#CCCCn1c(Oc2c(C)cccc2Cl)nc2c(N)ncnc21.C#CCCCn1c(Oc2ccc(Cl)cc2C)nc2c(N)ncnc21. The molecule has 0 aliphatic heterocycles. The maximum Gasteiger partial charge on any atom is 0.304 e. The summed E-state index contributed by atoms with van der Waals surface area (Å²) < 4.78 is 19.5. The second kappa shape index (κ2) is 32.9. The molecule has 0 spiro atoms. The number of terminal acetylenes is 4. The molecule has 0 radical (unpaired) electrons. The van der Waals surface area contributed by atoms with Gasteiger partial charge in [0.05, 0.1) is 5.02 Å². The summed E-state index contributed by atoms with van der Waals surface area (Å²) in [7, 11) is 0. The lowest BCUT2D eigenvalue weighted by Gasteiger charge is -2.11. The molecular formula is C70H66Cl4N20O3. The lowest BCUT2D eigenvalue weighted by molar-refractivity contribution is 0.102. The fourth-order valence-electron chi connectivity index (χ4n) is 10.2. The Balaban J connectivity index is 0.000000152. The van der Waals surface area contributed by atoms with Crippen LogP contribution in [0.2, 0.25) is 20.1 Å². The van der Waals surface area contributed by atoms with Crippen LogP contribution in [0.15, 0.2) is 98.1 Å². The van der Waals surface area contributed by atoms with Crippen molar-refractivity contribution in [2.24, 2.45) is 0 Å². The molecule has 0 unspecified atom stereocenters.